The predicted molar refractivity (Wildman–Crippen MR) is 131 cm³/mol. The predicted octanol–water partition coefficient (Wildman–Crippen LogP) is 5.54. The Labute approximate surface area is 184 Å². The zero-order valence-corrected chi connectivity index (χ0v) is 19.8. The Morgan fingerprint density at radius 1 is 1.27 bits per heavy atom. The highest BCUT2D eigenvalue weighted by molar-refractivity contribution is 5.95. The molecule has 2 aliphatic rings. The fraction of sp³-hybridized carbons (Fsp3) is 0.577. The summed E-state index contributed by atoms with van der Waals surface area (Å²) in [6, 6.07) is 0. The molecule has 0 saturated carbocycles. The second kappa shape index (κ2) is 11.2. The summed E-state index contributed by atoms with van der Waals surface area (Å²) in [5.41, 5.74) is 7.38. The fourth-order valence-electron chi connectivity index (χ4n) is 3.97. The van der Waals surface area contributed by atoms with Gasteiger partial charge in [0.25, 0.3) is 0 Å². The lowest BCUT2D eigenvalue weighted by atomic mass is 9.88. The average molecular weight is 411 g/mol. The minimum absolute atomic E-state index is 0.372. The topological polar surface area (TPSA) is 51.2 Å². The standard InChI is InChI=1S/C26H42N4/c1-18(2)20(4)17-29-26(27)21(5)23(7)30-15-12-24(13-16-30)19(3)10-11-25-9-8-14-28-22(25)6/h10-11,20,24,28H,1,3,8-9,12-17H2,2,4-7H3,(H2,27,29)/b11-10-,23-21+/t20-/m0/s1. The third-order valence-electron chi connectivity index (χ3n) is 6.83. The lowest BCUT2D eigenvalue weighted by molar-refractivity contribution is 0.247. The highest BCUT2D eigenvalue weighted by Gasteiger charge is 2.22. The van der Waals surface area contributed by atoms with Crippen molar-refractivity contribution in [3.05, 3.63) is 59.0 Å². The van der Waals surface area contributed by atoms with E-state index in [9.17, 15) is 0 Å². The molecule has 0 aromatic heterocycles. The van der Waals surface area contributed by atoms with E-state index in [1.165, 1.54) is 29.0 Å². The number of likely N-dealkylation sites (tertiary alicyclic amines) is 1. The van der Waals surface area contributed by atoms with E-state index in [-0.39, 0.29) is 0 Å². The molecule has 0 spiro atoms. The van der Waals surface area contributed by atoms with Gasteiger partial charge in [0.15, 0.2) is 0 Å². The van der Waals surface area contributed by atoms with Gasteiger partial charge in [-0.05, 0) is 70.8 Å². The molecule has 0 bridgehead atoms. The molecule has 4 heteroatoms. The molecule has 1 atom stereocenters. The van der Waals surface area contributed by atoms with Crippen molar-refractivity contribution < 1.29 is 0 Å². The minimum atomic E-state index is 0.372. The van der Waals surface area contributed by atoms with Crippen LogP contribution in [0.1, 0.15) is 60.3 Å². The Bertz CT molecular complexity index is 745. The minimum Gasteiger partial charge on any atom is -0.388 e. The highest BCUT2D eigenvalue weighted by Crippen LogP contribution is 2.28. The molecule has 1 fully saturated rings. The van der Waals surface area contributed by atoms with Crippen LogP contribution in [-0.4, -0.2) is 36.9 Å². The van der Waals surface area contributed by atoms with Gasteiger partial charge >= 0.3 is 0 Å². The number of piperidine rings is 1. The van der Waals surface area contributed by atoms with E-state index in [4.69, 9.17) is 5.41 Å². The molecule has 0 aromatic carbocycles. The number of allylic oxidation sites excluding steroid dienone is 6. The number of hydrogen-bond donors (Lipinski definition) is 3. The maximum atomic E-state index is 8.40. The molecule has 0 aliphatic carbocycles. The van der Waals surface area contributed by atoms with Crippen LogP contribution in [0.4, 0.5) is 0 Å². The number of amidine groups is 1. The zero-order chi connectivity index (χ0) is 22.3. The van der Waals surface area contributed by atoms with Crippen molar-refractivity contribution in [3.63, 3.8) is 0 Å². The second-order valence-electron chi connectivity index (χ2n) is 9.06. The van der Waals surface area contributed by atoms with Gasteiger partial charge in [0, 0.05) is 43.1 Å². The first-order chi connectivity index (χ1) is 14.2. The number of nitrogens with zero attached hydrogens (tertiary/aromatic N) is 1. The SMILES string of the molecule is C=C(/C=C\C1=C(C)NCCC1)C1CCN(/C(C)=C(\C)C(=N)NC[C@H](C)C(=C)C)CC1. The molecule has 0 unspecified atom stereocenters. The first kappa shape index (κ1) is 24.0. The summed E-state index contributed by atoms with van der Waals surface area (Å²) in [6.45, 7) is 22.8. The molecule has 4 nitrogen and oxygen atoms in total. The average Bonchev–Trinajstić information content (AvgIpc) is 2.75. The Morgan fingerprint density at radius 2 is 1.93 bits per heavy atom. The summed E-state index contributed by atoms with van der Waals surface area (Å²) in [4.78, 5) is 2.43. The van der Waals surface area contributed by atoms with Crippen molar-refractivity contribution in [2.24, 2.45) is 11.8 Å². The fourth-order valence-corrected chi connectivity index (χ4v) is 3.97. The molecule has 0 aromatic rings. The van der Waals surface area contributed by atoms with Gasteiger partial charge in [-0.1, -0.05) is 43.4 Å². The van der Waals surface area contributed by atoms with Crippen LogP contribution in [0.3, 0.4) is 0 Å². The maximum Gasteiger partial charge on any atom is 0.122 e. The first-order valence-electron chi connectivity index (χ1n) is 11.4. The molecule has 166 valence electrons. The van der Waals surface area contributed by atoms with Crippen LogP contribution in [0.5, 0.6) is 0 Å². The smallest absolute Gasteiger partial charge is 0.122 e. The van der Waals surface area contributed by atoms with Gasteiger partial charge in [0.05, 0.1) is 0 Å². The summed E-state index contributed by atoms with van der Waals surface area (Å²) >= 11 is 0. The van der Waals surface area contributed by atoms with Crippen LogP contribution in [0.15, 0.2) is 59.0 Å². The van der Waals surface area contributed by atoms with E-state index in [1.807, 2.05) is 6.92 Å². The van der Waals surface area contributed by atoms with Crippen molar-refractivity contribution in [3.8, 4) is 0 Å². The molecular formula is C26H42N4. The Kier molecular flexibility index (Phi) is 9.01. The van der Waals surface area contributed by atoms with Crippen molar-refractivity contribution in [1.82, 2.24) is 15.5 Å². The van der Waals surface area contributed by atoms with E-state index >= 15 is 0 Å². The Hall–Kier alpha value is -2.23. The van der Waals surface area contributed by atoms with Gasteiger partial charge in [0.2, 0.25) is 0 Å². The molecule has 0 radical (unpaired) electrons. The van der Waals surface area contributed by atoms with Crippen LogP contribution in [0.2, 0.25) is 0 Å². The largest absolute Gasteiger partial charge is 0.388 e. The van der Waals surface area contributed by atoms with Crippen LogP contribution < -0.4 is 10.6 Å². The highest BCUT2D eigenvalue weighted by atomic mass is 15.1. The van der Waals surface area contributed by atoms with Crippen molar-refractivity contribution >= 4 is 5.84 Å². The van der Waals surface area contributed by atoms with Gasteiger partial charge in [-0.2, -0.15) is 0 Å². The van der Waals surface area contributed by atoms with Gasteiger partial charge in [-0.25, -0.2) is 0 Å². The number of nitrogens with one attached hydrogen (secondary N) is 3. The van der Waals surface area contributed by atoms with E-state index in [0.717, 1.165) is 56.6 Å². The third-order valence-corrected chi connectivity index (χ3v) is 6.83. The molecule has 1 saturated heterocycles. The third kappa shape index (κ3) is 6.65. The van der Waals surface area contributed by atoms with E-state index < -0.39 is 0 Å². The maximum absolute atomic E-state index is 8.40. The number of hydrogen-bond acceptors (Lipinski definition) is 3. The molecule has 2 aliphatic heterocycles. The van der Waals surface area contributed by atoms with Crippen LogP contribution in [0, 0.1) is 17.2 Å². The van der Waals surface area contributed by atoms with Crippen molar-refractivity contribution in [2.75, 3.05) is 26.2 Å². The zero-order valence-electron chi connectivity index (χ0n) is 19.8. The molecule has 30 heavy (non-hydrogen) atoms. The van der Waals surface area contributed by atoms with Crippen molar-refractivity contribution in [2.45, 2.75) is 60.3 Å². The lowest BCUT2D eigenvalue weighted by Crippen LogP contribution is -2.35. The summed E-state index contributed by atoms with van der Waals surface area (Å²) in [5, 5.41) is 15.1. The van der Waals surface area contributed by atoms with Gasteiger partial charge < -0.3 is 15.5 Å². The normalized spacial score (nSPS) is 20.0. The summed E-state index contributed by atoms with van der Waals surface area (Å²) in [6.07, 6.45) is 9.13. The van der Waals surface area contributed by atoms with E-state index in [2.05, 4.69) is 68.5 Å². The second-order valence-corrected chi connectivity index (χ2v) is 9.06. The van der Waals surface area contributed by atoms with Crippen molar-refractivity contribution in [1.29, 1.82) is 5.41 Å². The molecule has 0 amide bonds. The Balaban J connectivity index is 1.87. The summed E-state index contributed by atoms with van der Waals surface area (Å²) in [7, 11) is 0. The van der Waals surface area contributed by atoms with E-state index in [1.54, 1.807) is 0 Å². The Morgan fingerprint density at radius 3 is 2.53 bits per heavy atom. The molecule has 3 N–H and O–H groups in total. The van der Waals surface area contributed by atoms with Crippen LogP contribution >= 0.6 is 0 Å². The number of rotatable bonds is 8. The molecular weight excluding hydrogens is 368 g/mol. The summed E-state index contributed by atoms with van der Waals surface area (Å²) < 4.78 is 0. The quantitative estimate of drug-likeness (QED) is 0.213. The molecule has 2 rings (SSSR count). The summed E-state index contributed by atoms with van der Waals surface area (Å²) in [5.74, 6) is 1.45. The first-order valence-corrected chi connectivity index (χ1v) is 11.4. The van der Waals surface area contributed by atoms with Crippen LogP contribution in [-0.2, 0) is 0 Å². The van der Waals surface area contributed by atoms with Crippen LogP contribution in [0.25, 0.3) is 0 Å². The monoisotopic (exact) mass is 410 g/mol. The van der Waals surface area contributed by atoms with E-state index in [0.29, 0.717) is 17.7 Å². The lowest BCUT2D eigenvalue weighted by Gasteiger charge is -2.35. The van der Waals surface area contributed by atoms with Gasteiger partial charge in [-0.15, -0.1) is 0 Å². The van der Waals surface area contributed by atoms with Gasteiger partial charge in [-0.3, -0.25) is 5.41 Å². The molecule has 2 heterocycles. The van der Waals surface area contributed by atoms with Gasteiger partial charge in [0.1, 0.15) is 5.84 Å².